The van der Waals surface area contributed by atoms with Gasteiger partial charge in [-0.1, -0.05) is 0 Å². The Morgan fingerprint density at radius 1 is 1.35 bits per heavy atom. The predicted molar refractivity (Wildman–Crippen MR) is 88.3 cm³/mol. The number of ether oxygens (including phenoxy) is 2. The molecule has 1 aliphatic rings. The third-order valence-corrected chi connectivity index (χ3v) is 4.14. The Morgan fingerprint density at radius 3 is 2.87 bits per heavy atom. The van der Waals surface area contributed by atoms with E-state index in [-0.39, 0.29) is 12.3 Å². The van der Waals surface area contributed by atoms with E-state index in [1.807, 2.05) is 37.4 Å². The first kappa shape index (κ1) is 15.5. The van der Waals surface area contributed by atoms with Gasteiger partial charge in [0.25, 0.3) is 0 Å². The molecule has 0 aliphatic carbocycles. The van der Waals surface area contributed by atoms with Crippen molar-refractivity contribution in [3.63, 3.8) is 0 Å². The number of nitrogens with zero attached hydrogens (tertiary/aromatic N) is 2. The van der Waals surface area contributed by atoms with Crippen LogP contribution in [0.15, 0.2) is 28.7 Å². The van der Waals surface area contributed by atoms with Crippen LogP contribution in [0.5, 0.6) is 11.5 Å². The van der Waals surface area contributed by atoms with Gasteiger partial charge in [0.1, 0.15) is 13.2 Å². The second-order valence-electron chi connectivity index (χ2n) is 5.13. The zero-order valence-corrected chi connectivity index (χ0v) is 13.8. The van der Waals surface area contributed by atoms with Gasteiger partial charge in [0.05, 0.1) is 22.8 Å². The first-order valence-corrected chi connectivity index (χ1v) is 8.14. The lowest BCUT2D eigenvalue weighted by molar-refractivity contribution is -0.120. The van der Waals surface area contributed by atoms with Gasteiger partial charge in [-0.2, -0.15) is 5.10 Å². The number of hydrazone groups is 1. The highest BCUT2D eigenvalue weighted by molar-refractivity contribution is 7.09. The van der Waals surface area contributed by atoms with Crippen LogP contribution in [0.3, 0.4) is 0 Å². The Bertz CT molecular complexity index is 755. The summed E-state index contributed by atoms with van der Waals surface area (Å²) in [6.07, 6.45) is 0.224. The SMILES string of the molecule is C/C(=N/NC(=O)Cc1csc(C)n1)c1ccc2c(c1)OCCO2. The van der Waals surface area contributed by atoms with Gasteiger partial charge in [-0.3, -0.25) is 4.79 Å². The molecule has 2 aromatic rings. The zero-order valence-electron chi connectivity index (χ0n) is 13.0. The van der Waals surface area contributed by atoms with Crippen LogP contribution in [0.4, 0.5) is 0 Å². The van der Waals surface area contributed by atoms with Crippen LogP contribution in [-0.4, -0.2) is 29.8 Å². The van der Waals surface area contributed by atoms with Gasteiger partial charge in [-0.25, -0.2) is 10.4 Å². The lowest BCUT2D eigenvalue weighted by Gasteiger charge is -2.18. The molecule has 1 aromatic carbocycles. The summed E-state index contributed by atoms with van der Waals surface area (Å²) in [5, 5.41) is 6.97. The first-order valence-electron chi connectivity index (χ1n) is 7.26. The number of amides is 1. The second kappa shape index (κ2) is 6.78. The molecule has 1 aromatic heterocycles. The smallest absolute Gasteiger partial charge is 0.246 e. The summed E-state index contributed by atoms with van der Waals surface area (Å²) < 4.78 is 11.0. The van der Waals surface area contributed by atoms with Gasteiger partial charge < -0.3 is 9.47 Å². The number of nitrogens with one attached hydrogen (secondary N) is 1. The molecular formula is C16H17N3O3S. The summed E-state index contributed by atoms with van der Waals surface area (Å²) in [6, 6.07) is 5.61. The van der Waals surface area contributed by atoms with Crippen molar-refractivity contribution < 1.29 is 14.3 Å². The second-order valence-corrected chi connectivity index (χ2v) is 6.19. The van der Waals surface area contributed by atoms with E-state index >= 15 is 0 Å². The maximum absolute atomic E-state index is 11.9. The van der Waals surface area contributed by atoms with E-state index < -0.39 is 0 Å². The topological polar surface area (TPSA) is 72.8 Å². The summed E-state index contributed by atoms with van der Waals surface area (Å²) in [5.74, 6) is 1.25. The van der Waals surface area contributed by atoms with Crippen LogP contribution in [0.25, 0.3) is 0 Å². The number of thiazole rings is 1. The van der Waals surface area contributed by atoms with E-state index in [1.165, 1.54) is 11.3 Å². The van der Waals surface area contributed by atoms with Crippen LogP contribution in [0, 0.1) is 6.92 Å². The van der Waals surface area contributed by atoms with E-state index in [1.54, 1.807) is 0 Å². The number of carbonyl (C=O) groups excluding carboxylic acids is 1. The highest BCUT2D eigenvalue weighted by atomic mass is 32.1. The van der Waals surface area contributed by atoms with Gasteiger partial charge >= 0.3 is 0 Å². The molecule has 23 heavy (non-hydrogen) atoms. The van der Waals surface area contributed by atoms with E-state index in [0.29, 0.717) is 24.7 Å². The molecule has 1 N–H and O–H groups in total. The van der Waals surface area contributed by atoms with E-state index in [2.05, 4.69) is 15.5 Å². The Kier molecular flexibility index (Phi) is 4.57. The average molecular weight is 331 g/mol. The largest absolute Gasteiger partial charge is 0.486 e. The Balaban J connectivity index is 1.64. The van der Waals surface area contributed by atoms with Gasteiger partial charge in [-0.15, -0.1) is 11.3 Å². The first-order chi connectivity index (χ1) is 11.1. The predicted octanol–water partition coefficient (Wildman–Crippen LogP) is 2.31. The normalized spacial score (nSPS) is 13.7. The molecule has 7 heteroatoms. The summed E-state index contributed by atoms with van der Waals surface area (Å²) in [4.78, 5) is 16.2. The molecule has 3 rings (SSSR count). The molecule has 120 valence electrons. The van der Waals surface area contributed by atoms with Crippen molar-refractivity contribution in [2.75, 3.05) is 13.2 Å². The summed E-state index contributed by atoms with van der Waals surface area (Å²) >= 11 is 1.53. The number of carbonyl (C=O) groups is 1. The highest BCUT2D eigenvalue weighted by Crippen LogP contribution is 2.30. The Labute approximate surface area is 138 Å². The maximum atomic E-state index is 11.9. The van der Waals surface area contributed by atoms with Crippen LogP contribution in [0.2, 0.25) is 0 Å². The number of benzene rings is 1. The van der Waals surface area contributed by atoms with Gasteiger partial charge in [0, 0.05) is 10.9 Å². The van der Waals surface area contributed by atoms with Crippen LogP contribution in [0.1, 0.15) is 23.2 Å². The van der Waals surface area contributed by atoms with Crippen molar-refractivity contribution in [3.05, 3.63) is 39.8 Å². The number of hydrogen-bond acceptors (Lipinski definition) is 6. The minimum absolute atomic E-state index is 0.188. The maximum Gasteiger partial charge on any atom is 0.246 e. The van der Waals surface area contributed by atoms with Crippen LogP contribution in [-0.2, 0) is 11.2 Å². The molecule has 0 fully saturated rings. The molecular weight excluding hydrogens is 314 g/mol. The summed E-state index contributed by atoms with van der Waals surface area (Å²) in [7, 11) is 0. The quantitative estimate of drug-likeness (QED) is 0.689. The molecule has 0 spiro atoms. The van der Waals surface area contributed by atoms with Gasteiger partial charge in [-0.05, 0) is 32.0 Å². The number of rotatable bonds is 4. The van der Waals surface area contributed by atoms with E-state index in [9.17, 15) is 4.79 Å². The third-order valence-electron chi connectivity index (χ3n) is 3.32. The van der Waals surface area contributed by atoms with Gasteiger partial charge in [0.2, 0.25) is 5.91 Å². The minimum atomic E-state index is -0.188. The van der Waals surface area contributed by atoms with Crippen LogP contribution >= 0.6 is 11.3 Å². The van der Waals surface area contributed by atoms with E-state index in [0.717, 1.165) is 22.0 Å². The zero-order chi connectivity index (χ0) is 16.2. The summed E-state index contributed by atoms with van der Waals surface area (Å²) in [5.41, 5.74) is 4.89. The van der Waals surface area contributed by atoms with Crippen molar-refractivity contribution in [2.45, 2.75) is 20.3 Å². The Morgan fingerprint density at radius 2 is 2.13 bits per heavy atom. The van der Waals surface area contributed by atoms with Gasteiger partial charge in [0.15, 0.2) is 11.5 Å². The van der Waals surface area contributed by atoms with Crippen LogP contribution < -0.4 is 14.9 Å². The summed E-state index contributed by atoms with van der Waals surface area (Å²) in [6.45, 7) is 4.84. The number of aryl methyl sites for hydroxylation is 1. The van der Waals surface area contributed by atoms with Crippen molar-refractivity contribution in [3.8, 4) is 11.5 Å². The fraction of sp³-hybridized carbons (Fsp3) is 0.312. The number of aromatic nitrogens is 1. The Hall–Kier alpha value is -2.41. The monoisotopic (exact) mass is 331 g/mol. The van der Waals surface area contributed by atoms with Crippen molar-refractivity contribution in [2.24, 2.45) is 5.10 Å². The number of fused-ring (bicyclic) bond motifs is 1. The van der Waals surface area contributed by atoms with Crippen molar-refractivity contribution in [1.29, 1.82) is 0 Å². The molecule has 0 radical (unpaired) electrons. The standard InChI is InChI=1S/C16H17N3O3S/c1-10(12-3-4-14-15(7-12)22-6-5-21-14)18-19-16(20)8-13-9-23-11(2)17-13/h3-4,7,9H,5-6,8H2,1-2H3,(H,19,20)/b18-10-. The third kappa shape index (κ3) is 3.87. The molecule has 1 aliphatic heterocycles. The number of hydrogen-bond donors (Lipinski definition) is 1. The molecule has 6 nitrogen and oxygen atoms in total. The molecule has 0 atom stereocenters. The molecule has 0 saturated heterocycles. The lowest BCUT2D eigenvalue weighted by atomic mass is 10.1. The fourth-order valence-electron chi connectivity index (χ4n) is 2.17. The molecule has 0 unspecified atom stereocenters. The molecule has 0 saturated carbocycles. The molecule has 0 bridgehead atoms. The molecule has 2 heterocycles. The average Bonchev–Trinajstić information content (AvgIpc) is 2.97. The van der Waals surface area contributed by atoms with Crippen molar-refractivity contribution >= 4 is 23.0 Å². The highest BCUT2D eigenvalue weighted by Gasteiger charge is 2.13. The lowest BCUT2D eigenvalue weighted by Crippen LogP contribution is -2.21. The molecule has 1 amide bonds. The van der Waals surface area contributed by atoms with E-state index in [4.69, 9.17) is 9.47 Å². The minimum Gasteiger partial charge on any atom is -0.486 e. The fourth-order valence-corrected chi connectivity index (χ4v) is 2.79. The van der Waals surface area contributed by atoms with Crippen molar-refractivity contribution in [1.82, 2.24) is 10.4 Å².